The molecule has 0 aliphatic carbocycles. The number of amides is 1. The third kappa shape index (κ3) is 5.78. The molecular weight excluding hydrogens is 461 g/mol. The van der Waals surface area contributed by atoms with E-state index in [1.165, 1.54) is 23.9 Å². The molecule has 0 aliphatic heterocycles. The molecule has 0 saturated carbocycles. The van der Waals surface area contributed by atoms with Crippen molar-refractivity contribution in [1.29, 1.82) is 0 Å². The van der Waals surface area contributed by atoms with Crippen LogP contribution in [0.2, 0.25) is 0 Å². The largest absolute Gasteiger partial charge is 0.325 e. The third-order valence-electron chi connectivity index (χ3n) is 5.77. The number of carbonyl (C=O) groups excluding carboxylic acids is 1. The van der Waals surface area contributed by atoms with E-state index in [2.05, 4.69) is 15.5 Å². The first-order valence-corrected chi connectivity index (χ1v) is 12.2. The van der Waals surface area contributed by atoms with Crippen LogP contribution in [0.3, 0.4) is 0 Å². The minimum Gasteiger partial charge on any atom is -0.325 e. The van der Waals surface area contributed by atoms with E-state index in [9.17, 15) is 9.18 Å². The molecule has 2 atom stereocenters. The number of anilines is 1. The lowest BCUT2D eigenvalue weighted by atomic mass is 10.1. The van der Waals surface area contributed by atoms with Crippen molar-refractivity contribution in [3.05, 3.63) is 102 Å². The van der Waals surface area contributed by atoms with Crippen LogP contribution in [0, 0.1) is 12.7 Å². The van der Waals surface area contributed by atoms with Gasteiger partial charge < -0.3 is 5.32 Å². The fraction of sp³-hybridized carbons (Fsp3) is 0.222. The molecule has 1 aromatic heterocycles. The summed E-state index contributed by atoms with van der Waals surface area (Å²) >= 11 is 1.31. The summed E-state index contributed by atoms with van der Waals surface area (Å²) < 4.78 is 15.6. The first-order valence-electron chi connectivity index (χ1n) is 11.3. The Bertz CT molecular complexity index is 1270. The van der Waals surface area contributed by atoms with Gasteiger partial charge in [-0.2, -0.15) is 0 Å². The zero-order valence-electron chi connectivity index (χ0n) is 20.1. The summed E-state index contributed by atoms with van der Waals surface area (Å²) in [6.07, 6.45) is 0. The number of nitrogens with one attached hydrogen (secondary N) is 1. The van der Waals surface area contributed by atoms with Crippen LogP contribution < -0.4 is 5.32 Å². The van der Waals surface area contributed by atoms with Crippen molar-refractivity contribution in [3.8, 4) is 5.69 Å². The predicted octanol–water partition coefficient (Wildman–Crippen LogP) is 5.81. The molecule has 0 aliphatic rings. The number of benzene rings is 3. The Morgan fingerprint density at radius 2 is 1.63 bits per heavy atom. The normalized spacial score (nSPS) is 13.0. The molecule has 180 valence electrons. The summed E-state index contributed by atoms with van der Waals surface area (Å²) in [5, 5.41) is 11.9. The predicted molar refractivity (Wildman–Crippen MR) is 138 cm³/mol. The minimum absolute atomic E-state index is 0.0570. The van der Waals surface area contributed by atoms with E-state index in [1.807, 2.05) is 92.0 Å². The van der Waals surface area contributed by atoms with Crippen LogP contribution in [0.1, 0.15) is 35.2 Å². The van der Waals surface area contributed by atoms with Crippen molar-refractivity contribution >= 4 is 23.4 Å². The molecule has 0 bridgehead atoms. The summed E-state index contributed by atoms with van der Waals surface area (Å²) in [7, 11) is 3.92. The zero-order valence-corrected chi connectivity index (χ0v) is 21.0. The topological polar surface area (TPSA) is 63.1 Å². The van der Waals surface area contributed by atoms with Crippen LogP contribution in [-0.4, -0.2) is 39.7 Å². The summed E-state index contributed by atoms with van der Waals surface area (Å²) in [4.78, 5) is 15.5. The summed E-state index contributed by atoms with van der Waals surface area (Å²) in [5.74, 6) is 0.216. The molecular formula is C27H28FN5OS. The molecule has 0 radical (unpaired) electrons. The van der Waals surface area contributed by atoms with Gasteiger partial charge in [0.15, 0.2) is 11.0 Å². The molecule has 1 amide bonds. The molecule has 0 unspecified atom stereocenters. The standard InChI is InChI=1S/C27H28FN5OS/c1-18-10-14-22(15-11-18)29-26(34)24(20-8-6-5-7-9-20)35-27-31-30-25(19(2)32(3)4)33(27)23-16-12-21(28)13-17-23/h5-17,19,24H,1-4H3,(H,29,34)/t19-,24-/m0/s1. The smallest absolute Gasteiger partial charge is 0.242 e. The monoisotopic (exact) mass is 489 g/mol. The van der Waals surface area contributed by atoms with E-state index >= 15 is 0 Å². The van der Waals surface area contributed by atoms with Gasteiger partial charge in [0.2, 0.25) is 5.91 Å². The van der Waals surface area contributed by atoms with E-state index in [0.717, 1.165) is 22.5 Å². The second-order valence-electron chi connectivity index (χ2n) is 8.56. The fourth-order valence-electron chi connectivity index (χ4n) is 3.54. The molecule has 4 aromatic rings. The Balaban J connectivity index is 1.74. The van der Waals surface area contributed by atoms with Gasteiger partial charge in [0.05, 0.1) is 6.04 Å². The average Bonchev–Trinajstić information content (AvgIpc) is 3.27. The number of halogens is 1. The highest BCUT2D eigenvalue weighted by Crippen LogP contribution is 2.38. The highest BCUT2D eigenvalue weighted by Gasteiger charge is 2.28. The van der Waals surface area contributed by atoms with Crippen molar-refractivity contribution in [2.75, 3.05) is 19.4 Å². The molecule has 35 heavy (non-hydrogen) atoms. The van der Waals surface area contributed by atoms with E-state index < -0.39 is 5.25 Å². The van der Waals surface area contributed by atoms with Crippen molar-refractivity contribution in [2.45, 2.75) is 30.3 Å². The number of nitrogens with zero attached hydrogens (tertiary/aromatic N) is 4. The lowest BCUT2D eigenvalue weighted by molar-refractivity contribution is -0.115. The highest BCUT2D eigenvalue weighted by molar-refractivity contribution is 8.00. The average molecular weight is 490 g/mol. The number of aromatic nitrogens is 3. The molecule has 0 spiro atoms. The molecule has 4 rings (SSSR count). The maximum Gasteiger partial charge on any atom is 0.242 e. The van der Waals surface area contributed by atoms with Gasteiger partial charge in [-0.25, -0.2) is 4.39 Å². The summed E-state index contributed by atoms with van der Waals surface area (Å²) in [5.41, 5.74) is 3.42. The molecule has 6 nitrogen and oxygen atoms in total. The maximum atomic E-state index is 13.7. The van der Waals surface area contributed by atoms with Crippen LogP contribution in [0.15, 0.2) is 84.0 Å². The van der Waals surface area contributed by atoms with Gasteiger partial charge in [-0.1, -0.05) is 59.8 Å². The van der Waals surface area contributed by atoms with Crippen LogP contribution in [0.4, 0.5) is 10.1 Å². The van der Waals surface area contributed by atoms with Crippen molar-refractivity contribution in [2.24, 2.45) is 0 Å². The van der Waals surface area contributed by atoms with Crippen LogP contribution >= 0.6 is 11.8 Å². The van der Waals surface area contributed by atoms with Crippen molar-refractivity contribution in [1.82, 2.24) is 19.7 Å². The van der Waals surface area contributed by atoms with E-state index in [1.54, 1.807) is 12.1 Å². The number of rotatable bonds is 8. The van der Waals surface area contributed by atoms with Gasteiger partial charge in [-0.15, -0.1) is 10.2 Å². The molecule has 0 saturated heterocycles. The lowest BCUT2D eigenvalue weighted by Gasteiger charge is -2.21. The van der Waals surface area contributed by atoms with Gasteiger partial charge >= 0.3 is 0 Å². The van der Waals surface area contributed by atoms with Crippen molar-refractivity contribution < 1.29 is 9.18 Å². The quantitative estimate of drug-likeness (QED) is 0.317. The van der Waals surface area contributed by atoms with E-state index in [-0.39, 0.29) is 17.8 Å². The Hall–Kier alpha value is -3.49. The summed E-state index contributed by atoms with van der Waals surface area (Å²) in [6, 6.07) is 23.4. The van der Waals surface area contributed by atoms with Crippen LogP contribution in [-0.2, 0) is 4.79 Å². The number of hydrogen-bond donors (Lipinski definition) is 1. The van der Waals surface area contributed by atoms with Crippen LogP contribution in [0.5, 0.6) is 0 Å². The fourth-order valence-corrected chi connectivity index (χ4v) is 4.61. The number of hydrogen-bond acceptors (Lipinski definition) is 5. The Labute approximate surface area is 209 Å². The third-order valence-corrected chi connectivity index (χ3v) is 6.97. The van der Waals surface area contributed by atoms with Gasteiger partial charge in [-0.3, -0.25) is 14.3 Å². The first kappa shape index (κ1) is 24.6. The molecule has 0 fully saturated rings. The van der Waals surface area contributed by atoms with Gasteiger partial charge in [0.1, 0.15) is 11.1 Å². The zero-order chi connectivity index (χ0) is 24.9. The number of aryl methyl sites for hydroxylation is 1. The van der Waals surface area contributed by atoms with Gasteiger partial charge in [-0.05, 0) is 69.9 Å². The summed E-state index contributed by atoms with van der Waals surface area (Å²) in [6.45, 7) is 4.03. The lowest BCUT2D eigenvalue weighted by Crippen LogP contribution is -2.21. The van der Waals surface area contributed by atoms with Gasteiger partial charge in [0.25, 0.3) is 0 Å². The Morgan fingerprint density at radius 3 is 2.26 bits per heavy atom. The second kappa shape index (κ2) is 10.8. The van der Waals surface area contributed by atoms with Crippen molar-refractivity contribution in [3.63, 3.8) is 0 Å². The minimum atomic E-state index is -0.580. The van der Waals surface area contributed by atoms with Crippen LogP contribution in [0.25, 0.3) is 5.69 Å². The molecule has 8 heteroatoms. The molecule has 1 heterocycles. The molecule has 1 N–H and O–H groups in total. The van der Waals surface area contributed by atoms with E-state index in [0.29, 0.717) is 11.0 Å². The second-order valence-corrected chi connectivity index (χ2v) is 9.63. The van der Waals surface area contributed by atoms with E-state index in [4.69, 9.17) is 0 Å². The SMILES string of the molecule is Cc1ccc(NC(=O)[C@@H](Sc2nnc([C@H](C)N(C)C)n2-c2ccc(F)cc2)c2ccccc2)cc1. The first-order chi connectivity index (χ1) is 16.8. The number of carbonyl (C=O) groups is 1. The highest BCUT2D eigenvalue weighted by atomic mass is 32.2. The maximum absolute atomic E-state index is 13.7. The Kier molecular flexibility index (Phi) is 7.63. The Morgan fingerprint density at radius 1 is 0.971 bits per heavy atom. The number of thioether (sulfide) groups is 1. The van der Waals surface area contributed by atoms with Gasteiger partial charge in [0, 0.05) is 11.4 Å². The molecule has 3 aromatic carbocycles.